The standard InChI is InChI=1S/C14H19N7O2S/c1-9-18-19-14(24-9)17-13(23)16-10-4-3-6-21(8-10)11-12(22)20(2)7-5-15-11/h5,7,10H,3-4,6,8H2,1-2H3,(H2,16,17,19,23). The maximum atomic E-state index is 12.2. The van der Waals surface area contributed by atoms with E-state index in [0.29, 0.717) is 17.5 Å². The molecule has 2 aromatic rings. The zero-order valence-corrected chi connectivity index (χ0v) is 14.3. The Morgan fingerprint density at radius 1 is 1.42 bits per heavy atom. The van der Waals surface area contributed by atoms with E-state index in [0.717, 1.165) is 24.4 Å². The number of amides is 2. The molecule has 2 N–H and O–H groups in total. The first-order chi connectivity index (χ1) is 11.5. The minimum Gasteiger partial charge on any atom is -0.350 e. The monoisotopic (exact) mass is 349 g/mol. The predicted molar refractivity (Wildman–Crippen MR) is 91.5 cm³/mol. The van der Waals surface area contributed by atoms with Crippen molar-refractivity contribution in [1.29, 1.82) is 0 Å². The second kappa shape index (κ2) is 6.95. The van der Waals surface area contributed by atoms with Crippen molar-refractivity contribution >= 4 is 28.3 Å². The molecule has 10 heteroatoms. The van der Waals surface area contributed by atoms with E-state index in [1.807, 2.05) is 11.8 Å². The maximum Gasteiger partial charge on any atom is 0.321 e. The lowest BCUT2D eigenvalue weighted by Crippen LogP contribution is -2.50. The summed E-state index contributed by atoms with van der Waals surface area (Å²) < 4.78 is 1.50. The van der Waals surface area contributed by atoms with E-state index in [-0.39, 0.29) is 17.6 Å². The summed E-state index contributed by atoms with van der Waals surface area (Å²) in [7, 11) is 1.70. The Labute approximate surface area is 142 Å². The number of anilines is 2. The van der Waals surface area contributed by atoms with Gasteiger partial charge in [-0.15, -0.1) is 10.2 Å². The molecule has 1 unspecified atom stereocenters. The van der Waals surface area contributed by atoms with Crippen molar-refractivity contribution in [1.82, 2.24) is 25.1 Å². The van der Waals surface area contributed by atoms with Crippen LogP contribution in [0.15, 0.2) is 17.2 Å². The summed E-state index contributed by atoms with van der Waals surface area (Å²) >= 11 is 1.32. The average molecular weight is 349 g/mol. The number of rotatable bonds is 3. The van der Waals surface area contributed by atoms with Crippen LogP contribution in [-0.2, 0) is 7.05 Å². The summed E-state index contributed by atoms with van der Waals surface area (Å²) in [4.78, 5) is 30.4. The fraction of sp³-hybridized carbons (Fsp3) is 0.500. The smallest absolute Gasteiger partial charge is 0.321 e. The molecule has 0 radical (unpaired) electrons. The Kier molecular flexibility index (Phi) is 4.74. The van der Waals surface area contributed by atoms with Crippen LogP contribution in [0.4, 0.5) is 15.7 Å². The molecule has 0 spiro atoms. The molecule has 3 heterocycles. The Bertz CT molecular complexity index is 787. The van der Waals surface area contributed by atoms with Crippen LogP contribution >= 0.6 is 11.3 Å². The minimum absolute atomic E-state index is 0.0560. The summed E-state index contributed by atoms with van der Waals surface area (Å²) in [6.07, 6.45) is 4.97. The van der Waals surface area contributed by atoms with Crippen LogP contribution in [-0.4, -0.2) is 44.9 Å². The molecular formula is C14H19N7O2S. The van der Waals surface area contributed by atoms with Crippen LogP contribution in [0.1, 0.15) is 17.8 Å². The Hall–Kier alpha value is -2.49. The largest absolute Gasteiger partial charge is 0.350 e. The number of carbonyl (C=O) groups excluding carboxylic acids is 1. The van der Waals surface area contributed by atoms with Crippen molar-refractivity contribution in [3.8, 4) is 0 Å². The van der Waals surface area contributed by atoms with Gasteiger partial charge in [-0.25, -0.2) is 9.78 Å². The van der Waals surface area contributed by atoms with Crippen molar-refractivity contribution in [3.05, 3.63) is 27.8 Å². The quantitative estimate of drug-likeness (QED) is 0.846. The Morgan fingerprint density at radius 3 is 3.00 bits per heavy atom. The van der Waals surface area contributed by atoms with Crippen molar-refractivity contribution in [2.24, 2.45) is 7.05 Å². The SMILES string of the molecule is Cc1nnc(NC(=O)NC2CCCN(c3nccn(C)c3=O)C2)s1. The lowest BCUT2D eigenvalue weighted by Gasteiger charge is -2.33. The van der Waals surface area contributed by atoms with E-state index in [2.05, 4.69) is 25.8 Å². The fourth-order valence-corrected chi connectivity index (χ4v) is 3.24. The van der Waals surface area contributed by atoms with Crippen LogP contribution in [0, 0.1) is 6.92 Å². The highest BCUT2D eigenvalue weighted by atomic mass is 32.1. The van der Waals surface area contributed by atoms with E-state index < -0.39 is 0 Å². The van der Waals surface area contributed by atoms with E-state index in [9.17, 15) is 9.59 Å². The van der Waals surface area contributed by atoms with E-state index >= 15 is 0 Å². The third-order valence-corrected chi connectivity index (χ3v) is 4.56. The molecule has 24 heavy (non-hydrogen) atoms. The van der Waals surface area contributed by atoms with E-state index in [1.54, 1.807) is 19.4 Å². The van der Waals surface area contributed by atoms with Gasteiger partial charge in [0.1, 0.15) is 5.01 Å². The molecule has 1 aliphatic rings. The Morgan fingerprint density at radius 2 is 2.25 bits per heavy atom. The topological polar surface area (TPSA) is 105 Å². The number of nitrogens with zero attached hydrogens (tertiary/aromatic N) is 5. The van der Waals surface area contributed by atoms with Gasteiger partial charge in [0.25, 0.3) is 5.56 Å². The summed E-state index contributed by atoms with van der Waals surface area (Å²) in [5.41, 5.74) is -0.132. The van der Waals surface area contributed by atoms with Gasteiger partial charge >= 0.3 is 6.03 Å². The second-order valence-electron chi connectivity index (χ2n) is 5.68. The molecule has 1 atom stereocenters. The number of aromatic nitrogens is 4. The number of nitrogens with one attached hydrogen (secondary N) is 2. The molecule has 1 fully saturated rings. The van der Waals surface area contributed by atoms with Gasteiger partial charge in [0.05, 0.1) is 0 Å². The highest BCUT2D eigenvalue weighted by Crippen LogP contribution is 2.16. The molecule has 9 nitrogen and oxygen atoms in total. The lowest BCUT2D eigenvalue weighted by atomic mass is 10.1. The fourth-order valence-electron chi connectivity index (χ4n) is 2.65. The zero-order chi connectivity index (χ0) is 17.1. The molecule has 0 saturated carbocycles. The van der Waals surface area contributed by atoms with Gasteiger partial charge in [0.15, 0.2) is 5.82 Å². The van der Waals surface area contributed by atoms with Gasteiger partial charge in [-0.3, -0.25) is 10.1 Å². The first-order valence-corrected chi connectivity index (χ1v) is 8.49. The van der Waals surface area contributed by atoms with Crippen LogP contribution in [0.5, 0.6) is 0 Å². The summed E-state index contributed by atoms with van der Waals surface area (Å²) in [5, 5.41) is 14.6. The maximum absolute atomic E-state index is 12.2. The number of hydrogen-bond acceptors (Lipinski definition) is 7. The van der Waals surface area contributed by atoms with Gasteiger partial charge < -0.3 is 14.8 Å². The molecular weight excluding hydrogens is 330 g/mol. The summed E-state index contributed by atoms with van der Waals surface area (Å²) in [5.74, 6) is 0.423. The zero-order valence-electron chi connectivity index (χ0n) is 13.5. The van der Waals surface area contributed by atoms with Gasteiger partial charge in [-0.2, -0.15) is 0 Å². The number of aryl methyl sites for hydroxylation is 2. The molecule has 128 valence electrons. The number of carbonyl (C=O) groups is 1. The van der Waals surface area contributed by atoms with Crippen molar-refractivity contribution in [2.45, 2.75) is 25.8 Å². The van der Waals surface area contributed by atoms with Crippen LogP contribution in [0.3, 0.4) is 0 Å². The first kappa shape index (κ1) is 16.4. The predicted octanol–water partition coefficient (Wildman–Crippen LogP) is 0.731. The third kappa shape index (κ3) is 3.70. The van der Waals surface area contributed by atoms with Crippen LogP contribution in [0.2, 0.25) is 0 Å². The van der Waals surface area contributed by atoms with Crippen LogP contribution in [0.25, 0.3) is 0 Å². The van der Waals surface area contributed by atoms with Crippen molar-refractivity contribution < 1.29 is 4.79 Å². The summed E-state index contributed by atoms with van der Waals surface area (Å²) in [6.45, 7) is 3.13. The average Bonchev–Trinajstić information content (AvgIpc) is 2.95. The van der Waals surface area contributed by atoms with Gasteiger partial charge in [0.2, 0.25) is 5.13 Å². The molecule has 0 aliphatic carbocycles. The van der Waals surface area contributed by atoms with Crippen molar-refractivity contribution in [3.63, 3.8) is 0 Å². The molecule has 1 aliphatic heterocycles. The van der Waals surface area contributed by atoms with E-state index in [4.69, 9.17) is 0 Å². The second-order valence-corrected chi connectivity index (χ2v) is 6.86. The molecule has 0 bridgehead atoms. The normalized spacial score (nSPS) is 17.6. The highest BCUT2D eigenvalue weighted by molar-refractivity contribution is 7.15. The third-order valence-electron chi connectivity index (χ3n) is 3.80. The molecule has 1 saturated heterocycles. The highest BCUT2D eigenvalue weighted by Gasteiger charge is 2.24. The van der Waals surface area contributed by atoms with E-state index in [1.165, 1.54) is 15.9 Å². The summed E-state index contributed by atoms with van der Waals surface area (Å²) in [6, 6.07) is -0.369. The minimum atomic E-state index is -0.313. The molecule has 3 rings (SSSR count). The van der Waals surface area contributed by atoms with Crippen LogP contribution < -0.4 is 21.1 Å². The Balaban J connectivity index is 1.62. The molecule has 2 amide bonds. The molecule has 0 aromatic carbocycles. The number of piperidine rings is 1. The number of hydrogen-bond donors (Lipinski definition) is 2. The van der Waals surface area contributed by atoms with Gasteiger partial charge in [-0.05, 0) is 19.8 Å². The van der Waals surface area contributed by atoms with Gasteiger partial charge in [-0.1, -0.05) is 11.3 Å². The lowest BCUT2D eigenvalue weighted by molar-refractivity contribution is 0.246. The van der Waals surface area contributed by atoms with Gasteiger partial charge in [0, 0.05) is 38.6 Å². The molecule has 2 aromatic heterocycles. The first-order valence-electron chi connectivity index (χ1n) is 7.67. The number of urea groups is 1. The van der Waals surface area contributed by atoms with Crippen molar-refractivity contribution in [2.75, 3.05) is 23.3 Å².